The number of carbonyl (C=O) groups is 1. The van der Waals surface area contributed by atoms with Gasteiger partial charge in [-0.15, -0.1) is 12.4 Å². The van der Waals surface area contributed by atoms with Gasteiger partial charge >= 0.3 is 0 Å². The number of hydrogen-bond donors (Lipinski definition) is 1. The molecule has 1 saturated heterocycles. The summed E-state index contributed by atoms with van der Waals surface area (Å²) in [6.45, 7) is 7.21. The fourth-order valence-electron chi connectivity index (χ4n) is 4.53. The summed E-state index contributed by atoms with van der Waals surface area (Å²) in [6, 6.07) is 5.93. The predicted octanol–water partition coefficient (Wildman–Crippen LogP) is 3.78. The monoisotopic (exact) mass is 354 g/mol. The van der Waals surface area contributed by atoms with Crippen molar-refractivity contribution in [3.05, 3.63) is 28.8 Å². The summed E-state index contributed by atoms with van der Waals surface area (Å²) in [6.07, 6.45) is 3.35. The van der Waals surface area contributed by atoms with Gasteiger partial charge in [-0.25, -0.2) is 0 Å². The average molecular weight is 355 g/mol. The number of fused-ring (bicyclic) bond motifs is 1. The summed E-state index contributed by atoms with van der Waals surface area (Å²) in [5, 5.41) is 4.19. The zero-order chi connectivity index (χ0) is 15.5. The van der Waals surface area contributed by atoms with Gasteiger partial charge in [-0.1, -0.05) is 31.5 Å². The zero-order valence-electron chi connectivity index (χ0n) is 13.7. The topological polar surface area (TPSA) is 32.3 Å². The molecule has 4 rings (SSSR count). The van der Waals surface area contributed by atoms with Crippen LogP contribution in [0.5, 0.6) is 0 Å². The molecule has 1 atom stereocenters. The Morgan fingerprint density at radius 3 is 2.70 bits per heavy atom. The number of benzene rings is 1. The van der Waals surface area contributed by atoms with E-state index in [1.807, 2.05) is 23.1 Å². The third kappa shape index (κ3) is 2.57. The Morgan fingerprint density at radius 1 is 1.30 bits per heavy atom. The second-order valence-corrected chi connectivity index (χ2v) is 8.22. The third-order valence-corrected chi connectivity index (χ3v) is 6.18. The molecule has 1 aliphatic carbocycles. The number of halogens is 2. The molecule has 23 heavy (non-hydrogen) atoms. The quantitative estimate of drug-likeness (QED) is 0.832. The van der Waals surface area contributed by atoms with E-state index >= 15 is 0 Å². The normalized spacial score (nSPS) is 26.6. The van der Waals surface area contributed by atoms with Crippen molar-refractivity contribution in [1.29, 1.82) is 0 Å². The number of rotatable bonds is 1. The van der Waals surface area contributed by atoms with Gasteiger partial charge in [0.2, 0.25) is 5.91 Å². The lowest BCUT2D eigenvalue weighted by atomic mass is 9.87. The first-order chi connectivity index (χ1) is 10.4. The highest BCUT2D eigenvalue weighted by Crippen LogP contribution is 2.60. The lowest BCUT2D eigenvalue weighted by molar-refractivity contribution is -0.120. The smallest absolute Gasteiger partial charge is 0.230 e. The minimum atomic E-state index is -0.0699. The van der Waals surface area contributed by atoms with Crippen molar-refractivity contribution in [2.45, 2.75) is 38.5 Å². The van der Waals surface area contributed by atoms with Crippen LogP contribution in [0, 0.1) is 11.3 Å². The molecule has 1 saturated carbocycles. The fourth-order valence-corrected chi connectivity index (χ4v) is 4.95. The molecule has 126 valence electrons. The van der Waals surface area contributed by atoms with E-state index < -0.39 is 0 Å². The van der Waals surface area contributed by atoms with Crippen molar-refractivity contribution in [3.8, 4) is 0 Å². The number of anilines is 1. The van der Waals surface area contributed by atoms with E-state index in [1.54, 1.807) is 0 Å². The number of hydrogen-bond acceptors (Lipinski definition) is 2. The highest BCUT2D eigenvalue weighted by atomic mass is 35.5. The highest BCUT2D eigenvalue weighted by molar-refractivity contribution is 6.32. The molecule has 0 radical (unpaired) electrons. The van der Waals surface area contributed by atoms with E-state index in [9.17, 15) is 4.79 Å². The van der Waals surface area contributed by atoms with Crippen LogP contribution in [0.15, 0.2) is 18.2 Å². The molecule has 1 aromatic carbocycles. The van der Waals surface area contributed by atoms with Crippen molar-refractivity contribution in [2.24, 2.45) is 11.3 Å². The second kappa shape index (κ2) is 5.65. The van der Waals surface area contributed by atoms with E-state index in [0.717, 1.165) is 55.2 Å². The summed E-state index contributed by atoms with van der Waals surface area (Å²) in [5.74, 6) is 0.534. The molecule has 2 aliphatic heterocycles. The van der Waals surface area contributed by atoms with Crippen molar-refractivity contribution >= 4 is 35.6 Å². The Hall–Kier alpha value is -0.770. The van der Waals surface area contributed by atoms with Crippen molar-refractivity contribution in [1.82, 2.24) is 5.32 Å². The molecule has 2 heterocycles. The van der Waals surface area contributed by atoms with Gasteiger partial charge in [-0.05, 0) is 49.9 Å². The first-order valence-corrected chi connectivity index (χ1v) is 8.64. The van der Waals surface area contributed by atoms with E-state index in [1.165, 1.54) is 0 Å². The number of nitrogens with one attached hydrogen (secondary N) is 1. The van der Waals surface area contributed by atoms with Crippen LogP contribution >= 0.6 is 24.0 Å². The maximum atomic E-state index is 13.1. The van der Waals surface area contributed by atoms with E-state index in [4.69, 9.17) is 11.6 Å². The molecule has 2 fully saturated rings. The molecule has 1 unspecified atom stereocenters. The highest BCUT2D eigenvalue weighted by Gasteiger charge is 2.59. The summed E-state index contributed by atoms with van der Waals surface area (Å²) in [5.41, 5.74) is 2.37. The molecule has 1 spiro atoms. The first-order valence-electron chi connectivity index (χ1n) is 8.26. The first kappa shape index (κ1) is 17.1. The van der Waals surface area contributed by atoms with Crippen LogP contribution in [0.4, 0.5) is 5.69 Å². The van der Waals surface area contributed by atoms with Gasteiger partial charge in [0.15, 0.2) is 0 Å². The molecule has 1 amide bonds. The predicted molar refractivity (Wildman–Crippen MR) is 96.7 cm³/mol. The second-order valence-electron chi connectivity index (χ2n) is 7.81. The van der Waals surface area contributed by atoms with Crippen LogP contribution in [-0.4, -0.2) is 25.5 Å². The maximum Gasteiger partial charge on any atom is 0.230 e. The summed E-state index contributed by atoms with van der Waals surface area (Å²) >= 11 is 6.42. The Labute approximate surface area is 149 Å². The van der Waals surface area contributed by atoms with Gasteiger partial charge in [0.05, 0.1) is 0 Å². The SMILES string of the molecule is CC1(C)CN(C(=O)C2CC23CCNCC3)c2cccc(Cl)c21.Cl. The van der Waals surface area contributed by atoms with Crippen LogP contribution in [0.1, 0.15) is 38.7 Å². The minimum absolute atomic E-state index is 0. The molecule has 0 aromatic heterocycles. The third-order valence-electron chi connectivity index (χ3n) is 5.87. The van der Waals surface area contributed by atoms with Gasteiger partial charge in [-0.3, -0.25) is 4.79 Å². The summed E-state index contributed by atoms with van der Waals surface area (Å²) in [4.78, 5) is 15.1. The summed E-state index contributed by atoms with van der Waals surface area (Å²) in [7, 11) is 0. The number of amides is 1. The van der Waals surface area contributed by atoms with Crippen LogP contribution in [0.2, 0.25) is 5.02 Å². The Bertz CT molecular complexity index is 638. The maximum absolute atomic E-state index is 13.1. The molecule has 1 N–H and O–H groups in total. The Balaban J connectivity index is 0.00000156. The molecular formula is C18H24Cl2N2O. The lowest BCUT2D eigenvalue weighted by Crippen LogP contribution is -2.38. The lowest BCUT2D eigenvalue weighted by Gasteiger charge is -2.26. The average Bonchev–Trinajstić information content (AvgIpc) is 3.08. The van der Waals surface area contributed by atoms with Gasteiger partial charge in [0.1, 0.15) is 0 Å². The van der Waals surface area contributed by atoms with Crippen molar-refractivity contribution in [2.75, 3.05) is 24.5 Å². The fraction of sp³-hybridized carbons (Fsp3) is 0.611. The van der Waals surface area contributed by atoms with Gasteiger partial charge in [0.25, 0.3) is 0 Å². The van der Waals surface area contributed by atoms with Gasteiger partial charge < -0.3 is 10.2 Å². The van der Waals surface area contributed by atoms with Gasteiger partial charge in [0, 0.05) is 34.2 Å². The zero-order valence-corrected chi connectivity index (χ0v) is 15.3. The molecule has 0 bridgehead atoms. The van der Waals surface area contributed by atoms with Crippen LogP contribution in [-0.2, 0) is 10.2 Å². The molecular weight excluding hydrogens is 331 g/mol. The van der Waals surface area contributed by atoms with E-state index in [-0.39, 0.29) is 29.2 Å². The number of carbonyl (C=O) groups excluding carboxylic acids is 1. The van der Waals surface area contributed by atoms with Crippen LogP contribution in [0.25, 0.3) is 0 Å². The molecule has 5 heteroatoms. The van der Waals surface area contributed by atoms with Crippen molar-refractivity contribution < 1.29 is 4.79 Å². The number of piperidine rings is 1. The van der Waals surface area contributed by atoms with E-state index in [0.29, 0.717) is 5.91 Å². The van der Waals surface area contributed by atoms with Crippen molar-refractivity contribution in [3.63, 3.8) is 0 Å². The van der Waals surface area contributed by atoms with E-state index in [2.05, 4.69) is 19.2 Å². The standard InChI is InChI=1S/C18H23ClN2O.ClH/c1-17(2)11-21(14-5-3-4-13(19)15(14)17)16(22)12-10-18(12)6-8-20-9-7-18;/h3-5,12,20H,6-11H2,1-2H3;1H. The molecule has 3 aliphatic rings. The Kier molecular flexibility index (Phi) is 4.19. The van der Waals surface area contributed by atoms with Gasteiger partial charge in [-0.2, -0.15) is 0 Å². The Morgan fingerprint density at radius 2 is 2.00 bits per heavy atom. The minimum Gasteiger partial charge on any atom is -0.317 e. The molecule has 1 aromatic rings. The molecule has 3 nitrogen and oxygen atoms in total. The van der Waals surface area contributed by atoms with Crippen LogP contribution in [0.3, 0.4) is 0 Å². The number of nitrogens with zero attached hydrogens (tertiary/aromatic N) is 1. The largest absolute Gasteiger partial charge is 0.317 e. The van der Waals surface area contributed by atoms with Crippen LogP contribution < -0.4 is 10.2 Å². The summed E-state index contributed by atoms with van der Waals surface area (Å²) < 4.78 is 0.